The minimum Gasteiger partial charge on any atom is -0.288 e. The molecule has 21 heavy (non-hydrogen) atoms. The normalized spacial score (nSPS) is 11.7. The molecule has 0 fully saturated rings. The number of anilines is 1. The lowest BCUT2D eigenvalue weighted by Crippen LogP contribution is -2.16. The molecule has 3 aromatic heterocycles. The van der Waals surface area contributed by atoms with Gasteiger partial charge < -0.3 is 0 Å². The number of aromatic nitrogens is 3. The van der Waals surface area contributed by atoms with Gasteiger partial charge in [0, 0.05) is 6.20 Å². The van der Waals surface area contributed by atoms with Gasteiger partial charge in [-0.3, -0.25) is 9.12 Å². The van der Waals surface area contributed by atoms with Crippen molar-refractivity contribution in [3.05, 3.63) is 53.7 Å². The third-order valence-corrected chi connectivity index (χ3v) is 4.41. The van der Waals surface area contributed by atoms with Crippen molar-refractivity contribution in [1.29, 1.82) is 0 Å². The van der Waals surface area contributed by atoms with Crippen LogP contribution in [0.25, 0.3) is 5.65 Å². The molecule has 108 valence electrons. The molecule has 0 aliphatic heterocycles. The van der Waals surface area contributed by atoms with Crippen LogP contribution in [0.5, 0.6) is 0 Å². The van der Waals surface area contributed by atoms with Crippen LogP contribution in [0.15, 0.2) is 47.6 Å². The van der Waals surface area contributed by atoms with Crippen molar-refractivity contribution >= 4 is 33.1 Å². The largest absolute Gasteiger partial charge is 0.288 e. The molecule has 0 atom stereocenters. The molecule has 0 aliphatic carbocycles. The van der Waals surface area contributed by atoms with Gasteiger partial charge in [0.05, 0.1) is 0 Å². The number of fused-ring (bicyclic) bond motifs is 1. The minimum atomic E-state index is -4.05. The molecular formula is C12H8ClFN4O2S. The van der Waals surface area contributed by atoms with Crippen LogP contribution in [-0.4, -0.2) is 22.8 Å². The maximum atomic E-state index is 13.0. The molecule has 0 unspecified atom stereocenters. The van der Waals surface area contributed by atoms with Crippen molar-refractivity contribution < 1.29 is 12.8 Å². The summed E-state index contributed by atoms with van der Waals surface area (Å²) in [7, 11) is -4.05. The zero-order chi connectivity index (χ0) is 15.0. The lowest BCUT2D eigenvalue weighted by Gasteiger charge is -2.07. The van der Waals surface area contributed by atoms with E-state index in [2.05, 4.69) is 14.7 Å². The summed E-state index contributed by atoms with van der Waals surface area (Å²) in [6, 6.07) is 8.75. The molecule has 0 amide bonds. The summed E-state index contributed by atoms with van der Waals surface area (Å²) in [4.78, 5) is 7.40. The summed E-state index contributed by atoms with van der Waals surface area (Å²) in [5, 5.41) is -0.407. The Morgan fingerprint density at radius 2 is 1.95 bits per heavy atom. The number of hydrogen-bond acceptors (Lipinski definition) is 4. The number of rotatable bonds is 3. The van der Waals surface area contributed by atoms with E-state index in [1.54, 1.807) is 18.2 Å². The Balaban J connectivity index is 2.10. The van der Waals surface area contributed by atoms with Crippen LogP contribution in [0, 0.1) is 5.95 Å². The van der Waals surface area contributed by atoms with Gasteiger partial charge in [-0.2, -0.15) is 12.8 Å². The van der Waals surface area contributed by atoms with Crippen molar-refractivity contribution in [3.63, 3.8) is 0 Å². The van der Waals surface area contributed by atoms with E-state index >= 15 is 0 Å². The molecule has 0 saturated heterocycles. The van der Waals surface area contributed by atoms with Crippen LogP contribution >= 0.6 is 11.6 Å². The maximum absolute atomic E-state index is 13.0. The third kappa shape index (κ3) is 2.55. The predicted molar refractivity (Wildman–Crippen MR) is 75.2 cm³/mol. The van der Waals surface area contributed by atoms with E-state index in [9.17, 15) is 12.8 Å². The first-order chi connectivity index (χ1) is 9.97. The predicted octanol–water partition coefficient (Wildman–Crippen LogP) is 2.32. The first-order valence-corrected chi connectivity index (χ1v) is 7.61. The van der Waals surface area contributed by atoms with E-state index in [0.717, 1.165) is 6.07 Å². The van der Waals surface area contributed by atoms with Crippen LogP contribution < -0.4 is 4.72 Å². The van der Waals surface area contributed by atoms with Gasteiger partial charge in [0.25, 0.3) is 10.0 Å². The zero-order valence-corrected chi connectivity index (χ0v) is 11.9. The van der Waals surface area contributed by atoms with Gasteiger partial charge in [0.15, 0.2) is 10.2 Å². The average molecular weight is 327 g/mol. The van der Waals surface area contributed by atoms with Gasteiger partial charge in [-0.05, 0) is 24.3 Å². The summed E-state index contributed by atoms with van der Waals surface area (Å²) >= 11 is 5.90. The topological polar surface area (TPSA) is 76.4 Å². The Bertz CT molecular complexity index is 926. The summed E-state index contributed by atoms with van der Waals surface area (Å²) in [6.45, 7) is 0. The SMILES string of the molecule is O=S(=O)(Nc1cccc(F)n1)c1c(Cl)nc2ccccn12. The van der Waals surface area contributed by atoms with E-state index in [0.29, 0.717) is 5.65 Å². The Kier molecular flexibility index (Phi) is 3.26. The zero-order valence-electron chi connectivity index (χ0n) is 10.4. The Morgan fingerprint density at radius 1 is 1.14 bits per heavy atom. The van der Waals surface area contributed by atoms with Crippen LogP contribution in [0.2, 0.25) is 5.15 Å². The molecule has 0 saturated carbocycles. The summed E-state index contributed by atoms with van der Waals surface area (Å²) in [5.74, 6) is -0.934. The van der Waals surface area contributed by atoms with Crippen LogP contribution in [0.1, 0.15) is 0 Å². The molecule has 3 aromatic rings. The summed E-state index contributed by atoms with van der Waals surface area (Å²) < 4.78 is 41.3. The quantitative estimate of drug-likeness (QED) is 0.749. The van der Waals surface area contributed by atoms with Gasteiger partial charge in [-0.25, -0.2) is 9.97 Å². The molecule has 0 aromatic carbocycles. The molecule has 1 N–H and O–H groups in total. The smallest absolute Gasteiger partial charge is 0.282 e. The fraction of sp³-hybridized carbons (Fsp3) is 0. The number of halogens is 2. The van der Waals surface area contributed by atoms with Crippen LogP contribution in [0.3, 0.4) is 0 Å². The molecule has 9 heteroatoms. The van der Waals surface area contributed by atoms with Crippen molar-refractivity contribution in [3.8, 4) is 0 Å². The highest BCUT2D eigenvalue weighted by Gasteiger charge is 2.24. The molecule has 3 heterocycles. The van der Waals surface area contributed by atoms with E-state index in [-0.39, 0.29) is 16.0 Å². The molecule has 0 radical (unpaired) electrons. The minimum absolute atomic E-state index is 0.142. The number of nitrogens with zero attached hydrogens (tertiary/aromatic N) is 3. The fourth-order valence-corrected chi connectivity index (χ4v) is 3.48. The second-order valence-electron chi connectivity index (χ2n) is 4.09. The summed E-state index contributed by atoms with van der Waals surface area (Å²) in [6.07, 6.45) is 1.52. The Labute approximate surface area is 124 Å². The van der Waals surface area contributed by atoms with Crippen LogP contribution in [-0.2, 0) is 10.0 Å². The highest BCUT2D eigenvalue weighted by molar-refractivity contribution is 7.92. The van der Waals surface area contributed by atoms with Crippen molar-refractivity contribution in [1.82, 2.24) is 14.4 Å². The second kappa shape index (κ2) is 4.97. The van der Waals surface area contributed by atoms with E-state index in [1.807, 2.05) is 0 Å². The lowest BCUT2D eigenvalue weighted by atomic mass is 10.5. The molecule has 6 nitrogen and oxygen atoms in total. The molecule has 0 spiro atoms. The highest BCUT2D eigenvalue weighted by atomic mass is 35.5. The first-order valence-electron chi connectivity index (χ1n) is 5.75. The second-order valence-corrected chi connectivity index (χ2v) is 6.04. The number of imidazole rings is 1. The maximum Gasteiger partial charge on any atom is 0.282 e. The molecule has 3 rings (SSSR count). The van der Waals surface area contributed by atoms with Gasteiger partial charge >= 0.3 is 0 Å². The van der Waals surface area contributed by atoms with Gasteiger partial charge in [0.2, 0.25) is 5.95 Å². The molecule has 0 bridgehead atoms. The lowest BCUT2D eigenvalue weighted by molar-refractivity contribution is 0.584. The van der Waals surface area contributed by atoms with E-state index in [4.69, 9.17) is 11.6 Å². The standard InChI is InChI=1S/C12H8ClFN4O2S/c13-11-12(18-7-2-1-6-10(18)16-11)21(19,20)17-9-5-3-4-8(14)15-9/h1-7H,(H,15,17). The molecular weight excluding hydrogens is 319 g/mol. The van der Waals surface area contributed by atoms with Crippen molar-refractivity contribution in [2.75, 3.05) is 4.72 Å². The van der Waals surface area contributed by atoms with E-state index < -0.39 is 16.0 Å². The monoisotopic (exact) mass is 326 g/mol. The number of sulfonamides is 1. The highest BCUT2D eigenvalue weighted by Crippen LogP contribution is 2.24. The molecule has 0 aliphatic rings. The van der Waals surface area contributed by atoms with Crippen molar-refractivity contribution in [2.24, 2.45) is 0 Å². The number of pyridine rings is 2. The van der Waals surface area contributed by atoms with Crippen molar-refractivity contribution in [2.45, 2.75) is 5.03 Å². The fourth-order valence-electron chi connectivity index (χ4n) is 1.84. The third-order valence-electron chi connectivity index (χ3n) is 2.65. The van der Waals surface area contributed by atoms with Crippen LogP contribution in [0.4, 0.5) is 10.2 Å². The van der Waals surface area contributed by atoms with Gasteiger partial charge in [0.1, 0.15) is 11.5 Å². The first kappa shape index (κ1) is 13.8. The van der Waals surface area contributed by atoms with Gasteiger partial charge in [-0.15, -0.1) is 0 Å². The summed E-state index contributed by atoms with van der Waals surface area (Å²) in [5.41, 5.74) is 0.384. The Hall–Kier alpha value is -2.19. The number of nitrogens with one attached hydrogen (secondary N) is 1. The van der Waals surface area contributed by atoms with E-state index in [1.165, 1.54) is 22.7 Å². The average Bonchev–Trinajstić information content (AvgIpc) is 2.74. The Morgan fingerprint density at radius 3 is 2.71 bits per heavy atom. The number of hydrogen-bond donors (Lipinski definition) is 1. The van der Waals surface area contributed by atoms with Gasteiger partial charge in [-0.1, -0.05) is 23.7 Å².